The van der Waals surface area contributed by atoms with Crippen molar-refractivity contribution < 1.29 is 9.59 Å². The molecule has 2 heterocycles. The maximum absolute atomic E-state index is 12.7. The molecule has 0 spiro atoms. The van der Waals surface area contributed by atoms with Crippen molar-refractivity contribution in [1.29, 1.82) is 0 Å². The molecule has 1 saturated heterocycles. The van der Waals surface area contributed by atoms with Gasteiger partial charge in [0.25, 0.3) is 0 Å². The van der Waals surface area contributed by atoms with E-state index >= 15 is 0 Å². The normalized spacial score (nSPS) is 18.1. The Morgan fingerprint density at radius 2 is 2.04 bits per heavy atom. The van der Waals surface area contributed by atoms with Crippen molar-refractivity contribution in [1.82, 2.24) is 25.7 Å². The zero-order valence-corrected chi connectivity index (χ0v) is 15.8. The molecule has 3 amide bonds. The molecule has 3 N–H and O–H groups in total. The molecule has 0 aromatic carbocycles. The molecule has 1 aromatic heterocycles. The number of nitrogens with zero attached hydrogens (tertiary/aromatic N) is 2. The molecule has 0 bridgehead atoms. The van der Waals surface area contributed by atoms with Crippen molar-refractivity contribution in [2.24, 2.45) is 0 Å². The number of rotatable bonds is 5. The summed E-state index contributed by atoms with van der Waals surface area (Å²) in [6, 6.07) is 0.0696. The van der Waals surface area contributed by atoms with E-state index in [-0.39, 0.29) is 24.0 Å². The van der Waals surface area contributed by atoms with Gasteiger partial charge in [-0.3, -0.25) is 9.89 Å². The van der Waals surface area contributed by atoms with Gasteiger partial charge in [-0.2, -0.15) is 5.10 Å². The van der Waals surface area contributed by atoms with E-state index < -0.39 is 0 Å². The van der Waals surface area contributed by atoms with Crippen LogP contribution >= 0.6 is 0 Å². The van der Waals surface area contributed by atoms with E-state index in [0.717, 1.165) is 49.2 Å². The second-order valence-corrected chi connectivity index (χ2v) is 7.11. The highest BCUT2D eigenvalue weighted by Crippen LogP contribution is 2.33. The average Bonchev–Trinajstić information content (AvgIpc) is 2.74. The maximum atomic E-state index is 12.7. The first-order valence-corrected chi connectivity index (χ1v) is 9.25. The molecule has 1 aliphatic heterocycles. The van der Waals surface area contributed by atoms with Gasteiger partial charge in [-0.05, 0) is 40.5 Å². The highest BCUT2D eigenvalue weighted by Gasteiger charge is 2.30. The number of hydrogen-bond acceptors (Lipinski definition) is 3. The van der Waals surface area contributed by atoms with Gasteiger partial charge in [0, 0.05) is 36.8 Å². The van der Waals surface area contributed by atoms with Crippen molar-refractivity contribution in [2.45, 2.75) is 71.9 Å². The van der Waals surface area contributed by atoms with Crippen LogP contribution in [0.5, 0.6) is 0 Å². The molecule has 0 radical (unpaired) electrons. The van der Waals surface area contributed by atoms with Crippen molar-refractivity contribution in [2.75, 3.05) is 13.1 Å². The second kappa shape index (κ2) is 8.87. The molecule has 0 saturated carbocycles. The van der Waals surface area contributed by atoms with Gasteiger partial charge in [-0.1, -0.05) is 12.8 Å². The van der Waals surface area contributed by atoms with Gasteiger partial charge >= 0.3 is 6.03 Å². The molecule has 1 aromatic rings. The number of carbonyl (C=O) groups excluding carboxylic acids is 2. The van der Waals surface area contributed by atoms with Crippen LogP contribution < -0.4 is 10.6 Å². The lowest BCUT2D eigenvalue weighted by Crippen LogP contribution is -2.43. The molecular weight excluding hydrogens is 318 g/mol. The molecule has 7 nitrogen and oxygen atoms in total. The Balaban J connectivity index is 2.00. The molecule has 1 atom stereocenters. The molecular formula is C18H31N5O2. The summed E-state index contributed by atoms with van der Waals surface area (Å²) in [6.45, 7) is 8.92. The van der Waals surface area contributed by atoms with Crippen LogP contribution in [0.3, 0.4) is 0 Å². The fourth-order valence-corrected chi connectivity index (χ4v) is 3.48. The SMILES string of the molecule is Cc1n[nH]c(C)c1C1CCCCCN1C(=O)NCCC(=O)NC(C)C. The van der Waals surface area contributed by atoms with E-state index in [1.165, 1.54) is 0 Å². The first kappa shape index (κ1) is 19.3. The number of amides is 3. The van der Waals surface area contributed by atoms with Gasteiger partial charge in [0.15, 0.2) is 0 Å². The van der Waals surface area contributed by atoms with Crippen LogP contribution in [0.25, 0.3) is 0 Å². The molecule has 1 unspecified atom stereocenters. The van der Waals surface area contributed by atoms with E-state index in [2.05, 4.69) is 20.8 Å². The van der Waals surface area contributed by atoms with Gasteiger partial charge in [0.05, 0.1) is 11.7 Å². The number of urea groups is 1. The molecule has 140 valence electrons. The summed E-state index contributed by atoms with van der Waals surface area (Å²) in [5.41, 5.74) is 3.12. The molecule has 1 aliphatic rings. The number of nitrogens with one attached hydrogen (secondary N) is 3. The van der Waals surface area contributed by atoms with Gasteiger partial charge in [0.2, 0.25) is 5.91 Å². The largest absolute Gasteiger partial charge is 0.354 e. The third-order valence-electron chi connectivity index (χ3n) is 4.61. The van der Waals surface area contributed by atoms with Gasteiger partial charge in [-0.25, -0.2) is 4.79 Å². The average molecular weight is 349 g/mol. The third-order valence-corrected chi connectivity index (χ3v) is 4.61. The number of aryl methyl sites for hydroxylation is 2. The lowest BCUT2D eigenvalue weighted by atomic mass is 9.99. The molecule has 0 aliphatic carbocycles. The first-order valence-electron chi connectivity index (χ1n) is 9.25. The predicted molar refractivity (Wildman–Crippen MR) is 97.3 cm³/mol. The minimum atomic E-state index is -0.0933. The highest BCUT2D eigenvalue weighted by atomic mass is 16.2. The van der Waals surface area contributed by atoms with Crippen LogP contribution in [-0.4, -0.2) is 46.2 Å². The van der Waals surface area contributed by atoms with Crippen molar-refractivity contribution in [3.63, 3.8) is 0 Å². The molecule has 1 fully saturated rings. The summed E-state index contributed by atoms with van der Waals surface area (Å²) in [5.74, 6) is -0.0377. The minimum Gasteiger partial charge on any atom is -0.354 e. The third kappa shape index (κ3) is 5.21. The van der Waals surface area contributed by atoms with E-state index in [0.29, 0.717) is 13.0 Å². The first-order chi connectivity index (χ1) is 11.9. The van der Waals surface area contributed by atoms with E-state index in [9.17, 15) is 9.59 Å². The van der Waals surface area contributed by atoms with Crippen LogP contribution in [0.1, 0.15) is 68.9 Å². The van der Waals surface area contributed by atoms with Crippen LogP contribution in [0.15, 0.2) is 0 Å². The minimum absolute atomic E-state index is 0.0377. The summed E-state index contributed by atoms with van der Waals surface area (Å²) >= 11 is 0. The fourth-order valence-electron chi connectivity index (χ4n) is 3.48. The van der Waals surface area contributed by atoms with Crippen molar-refractivity contribution in [3.05, 3.63) is 17.0 Å². The quantitative estimate of drug-likeness (QED) is 0.763. The Bertz CT molecular complexity index is 577. The highest BCUT2D eigenvalue weighted by molar-refractivity contribution is 5.78. The van der Waals surface area contributed by atoms with Crippen LogP contribution in [0.4, 0.5) is 4.79 Å². The number of likely N-dealkylation sites (tertiary alicyclic amines) is 1. The summed E-state index contributed by atoms with van der Waals surface area (Å²) < 4.78 is 0. The zero-order valence-electron chi connectivity index (χ0n) is 15.8. The Kier molecular flexibility index (Phi) is 6.84. The smallest absolute Gasteiger partial charge is 0.317 e. The summed E-state index contributed by atoms with van der Waals surface area (Å²) in [4.78, 5) is 26.4. The summed E-state index contributed by atoms with van der Waals surface area (Å²) in [6.07, 6.45) is 4.49. The Morgan fingerprint density at radius 3 is 2.68 bits per heavy atom. The van der Waals surface area contributed by atoms with Crippen LogP contribution in [-0.2, 0) is 4.79 Å². The van der Waals surface area contributed by atoms with Gasteiger partial charge in [0.1, 0.15) is 0 Å². The zero-order chi connectivity index (χ0) is 18.4. The molecule has 25 heavy (non-hydrogen) atoms. The summed E-state index contributed by atoms with van der Waals surface area (Å²) in [7, 11) is 0. The summed E-state index contributed by atoms with van der Waals surface area (Å²) in [5, 5.41) is 13.1. The number of aromatic amines is 1. The maximum Gasteiger partial charge on any atom is 0.317 e. The van der Waals surface area contributed by atoms with E-state index in [4.69, 9.17) is 0 Å². The van der Waals surface area contributed by atoms with E-state index in [1.807, 2.05) is 32.6 Å². The van der Waals surface area contributed by atoms with Crippen molar-refractivity contribution >= 4 is 11.9 Å². The Hall–Kier alpha value is -2.05. The topological polar surface area (TPSA) is 90.1 Å². The Labute approximate surface area is 149 Å². The lowest BCUT2D eigenvalue weighted by molar-refractivity contribution is -0.121. The van der Waals surface area contributed by atoms with Crippen LogP contribution in [0.2, 0.25) is 0 Å². The number of H-pyrrole nitrogens is 1. The van der Waals surface area contributed by atoms with Gasteiger partial charge < -0.3 is 15.5 Å². The monoisotopic (exact) mass is 349 g/mol. The number of aromatic nitrogens is 2. The molecule has 7 heteroatoms. The standard InChI is InChI=1S/C18H31N5O2/c1-12(2)20-16(24)9-10-19-18(25)23-11-7-5-6-8-15(23)17-13(3)21-22-14(17)4/h12,15H,5-11H2,1-4H3,(H,19,25)(H,20,24)(H,21,22). The fraction of sp³-hybridized carbons (Fsp3) is 0.722. The second-order valence-electron chi connectivity index (χ2n) is 7.11. The van der Waals surface area contributed by atoms with E-state index in [1.54, 1.807) is 0 Å². The molecule has 2 rings (SSSR count). The van der Waals surface area contributed by atoms with Crippen LogP contribution in [0, 0.1) is 13.8 Å². The predicted octanol–water partition coefficient (Wildman–Crippen LogP) is 2.57. The lowest BCUT2D eigenvalue weighted by Gasteiger charge is -2.30. The van der Waals surface area contributed by atoms with Crippen molar-refractivity contribution in [3.8, 4) is 0 Å². The van der Waals surface area contributed by atoms with Gasteiger partial charge in [-0.15, -0.1) is 0 Å². The number of hydrogen-bond donors (Lipinski definition) is 3. The Morgan fingerprint density at radius 1 is 1.28 bits per heavy atom. The number of carbonyl (C=O) groups is 2.